The second-order valence-corrected chi connectivity index (χ2v) is 4.73. The van der Waals surface area contributed by atoms with Gasteiger partial charge in [0.15, 0.2) is 0 Å². The highest BCUT2D eigenvalue weighted by atomic mass is 35.5. The molecular formula is C15H17ClN2O. The number of benzene rings is 1. The van der Waals surface area contributed by atoms with Crippen molar-refractivity contribution in [2.24, 2.45) is 0 Å². The molecule has 0 amide bonds. The normalized spacial score (nSPS) is 12.2. The molecule has 1 heterocycles. The maximum atomic E-state index is 5.88. The van der Waals surface area contributed by atoms with Crippen molar-refractivity contribution >= 4 is 11.6 Å². The summed E-state index contributed by atoms with van der Waals surface area (Å²) in [6, 6.07) is 10.0. The summed E-state index contributed by atoms with van der Waals surface area (Å²) in [6.07, 6.45) is 3.23. The van der Waals surface area contributed by atoms with Gasteiger partial charge < -0.3 is 10.1 Å². The highest BCUT2D eigenvalue weighted by Crippen LogP contribution is 2.25. The number of rotatable bonds is 5. The average molecular weight is 277 g/mol. The third-order valence-corrected chi connectivity index (χ3v) is 2.99. The number of nitrogens with zero attached hydrogens (tertiary/aromatic N) is 1. The van der Waals surface area contributed by atoms with Crippen LogP contribution in [0.15, 0.2) is 42.7 Å². The van der Waals surface area contributed by atoms with E-state index in [1.165, 1.54) is 5.56 Å². The Hall–Kier alpha value is -1.58. The minimum Gasteiger partial charge on any atom is -0.456 e. The van der Waals surface area contributed by atoms with E-state index in [2.05, 4.69) is 30.2 Å². The van der Waals surface area contributed by atoms with E-state index in [0.29, 0.717) is 16.8 Å². The van der Waals surface area contributed by atoms with E-state index in [1.54, 1.807) is 18.5 Å². The molecule has 100 valence electrons. The molecule has 0 spiro atoms. The Balaban J connectivity index is 2.15. The van der Waals surface area contributed by atoms with Crippen LogP contribution in [0.2, 0.25) is 5.02 Å². The van der Waals surface area contributed by atoms with Gasteiger partial charge >= 0.3 is 0 Å². The minimum atomic E-state index is 0.297. The van der Waals surface area contributed by atoms with Crippen LogP contribution in [0, 0.1) is 0 Å². The van der Waals surface area contributed by atoms with Crippen LogP contribution in [0.4, 0.5) is 0 Å². The number of pyridine rings is 1. The van der Waals surface area contributed by atoms with Gasteiger partial charge in [0.05, 0.1) is 11.2 Å². The second kappa shape index (κ2) is 6.55. The number of ether oxygens (including phenoxy) is 1. The van der Waals surface area contributed by atoms with Crippen molar-refractivity contribution in [3.63, 3.8) is 0 Å². The number of aromatic nitrogens is 1. The third-order valence-electron chi connectivity index (χ3n) is 2.78. The Morgan fingerprint density at radius 1 is 1.26 bits per heavy atom. The van der Waals surface area contributed by atoms with Gasteiger partial charge in [0, 0.05) is 18.3 Å². The molecule has 0 aliphatic carbocycles. The van der Waals surface area contributed by atoms with Gasteiger partial charge in [-0.15, -0.1) is 0 Å². The maximum absolute atomic E-state index is 5.88. The van der Waals surface area contributed by atoms with Crippen LogP contribution in [0.25, 0.3) is 0 Å². The molecule has 1 aromatic carbocycles. The fraction of sp³-hybridized carbons (Fsp3) is 0.267. The van der Waals surface area contributed by atoms with Gasteiger partial charge in [-0.1, -0.05) is 30.7 Å². The lowest BCUT2D eigenvalue weighted by Gasteiger charge is -2.14. The fourth-order valence-corrected chi connectivity index (χ4v) is 2.02. The molecule has 0 saturated heterocycles. The second-order valence-electron chi connectivity index (χ2n) is 4.29. The molecule has 1 aromatic heterocycles. The Labute approximate surface area is 118 Å². The van der Waals surface area contributed by atoms with Crippen molar-refractivity contribution in [1.82, 2.24) is 10.3 Å². The van der Waals surface area contributed by atoms with Gasteiger partial charge in [-0.3, -0.25) is 4.98 Å². The smallest absolute Gasteiger partial charge is 0.147 e. The zero-order valence-corrected chi connectivity index (χ0v) is 11.8. The number of hydrogen-bond acceptors (Lipinski definition) is 3. The van der Waals surface area contributed by atoms with Crippen LogP contribution >= 0.6 is 11.6 Å². The SMILES string of the molecule is CCNC(C)c1cccc(Oc2cncc(Cl)c2)c1. The first-order valence-corrected chi connectivity index (χ1v) is 6.68. The molecule has 0 bridgehead atoms. The van der Waals surface area contributed by atoms with E-state index in [1.807, 2.05) is 18.2 Å². The summed E-state index contributed by atoms with van der Waals surface area (Å²) in [6.45, 7) is 5.16. The topological polar surface area (TPSA) is 34.1 Å². The monoisotopic (exact) mass is 276 g/mol. The summed E-state index contributed by atoms with van der Waals surface area (Å²) in [5.74, 6) is 1.42. The summed E-state index contributed by atoms with van der Waals surface area (Å²) >= 11 is 5.88. The van der Waals surface area contributed by atoms with Crippen molar-refractivity contribution in [3.8, 4) is 11.5 Å². The van der Waals surface area contributed by atoms with Crippen molar-refractivity contribution in [2.45, 2.75) is 19.9 Å². The molecule has 0 radical (unpaired) electrons. The standard InChI is InChI=1S/C15H17ClN2O/c1-3-18-11(2)12-5-4-6-14(7-12)19-15-8-13(16)9-17-10-15/h4-11,18H,3H2,1-2H3. The molecule has 3 nitrogen and oxygen atoms in total. The first-order chi connectivity index (χ1) is 9.19. The zero-order chi connectivity index (χ0) is 13.7. The van der Waals surface area contributed by atoms with E-state index < -0.39 is 0 Å². The molecule has 19 heavy (non-hydrogen) atoms. The molecule has 0 aliphatic rings. The third kappa shape index (κ3) is 3.94. The molecule has 2 rings (SSSR count). The van der Waals surface area contributed by atoms with E-state index in [0.717, 1.165) is 12.3 Å². The lowest BCUT2D eigenvalue weighted by molar-refractivity contribution is 0.478. The first-order valence-electron chi connectivity index (χ1n) is 6.31. The molecule has 1 unspecified atom stereocenters. The molecular weight excluding hydrogens is 260 g/mol. The van der Waals surface area contributed by atoms with E-state index in [4.69, 9.17) is 16.3 Å². The van der Waals surface area contributed by atoms with Gasteiger partial charge in [0.2, 0.25) is 0 Å². The molecule has 0 aliphatic heterocycles. The summed E-state index contributed by atoms with van der Waals surface area (Å²) in [5, 5.41) is 3.94. The Kier molecular flexibility index (Phi) is 4.77. The summed E-state index contributed by atoms with van der Waals surface area (Å²) in [7, 11) is 0. The van der Waals surface area contributed by atoms with Gasteiger partial charge in [0.25, 0.3) is 0 Å². The van der Waals surface area contributed by atoms with Gasteiger partial charge in [0.1, 0.15) is 11.5 Å². The van der Waals surface area contributed by atoms with Crippen molar-refractivity contribution < 1.29 is 4.74 Å². The zero-order valence-electron chi connectivity index (χ0n) is 11.1. The van der Waals surface area contributed by atoms with E-state index in [9.17, 15) is 0 Å². The van der Waals surface area contributed by atoms with E-state index in [-0.39, 0.29) is 0 Å². The quantitative estimate of drug-likeness (QED) is 0.889. The predicted molar refractivity (Wildman–Crippen MR) is 77.9 cm³/mol. The van der Waals surface area contributed by atoms with Crippen LogP contribution < -0.4 is 10.1 Å². The van der Waals surface area contributed by atoms with Crippen LogP contribution in [-0.2, 0) is 0 Å². The Morgan fingerprint density at radius 3 is 2.84 bits per heavy atom. The summed E-state index contributed by atoms with van der Waals surface area (Å²) < 4.78 is 5.75. The summed E-state index contributed by atoms with van der Waals surface area (Å²) in [5.41, 5.74) is 1.19. The first kappa shape index (κ1) is 13.8. The Morgan fingerprint density at radius 2 is 2.11 bits per heavy atom. The van der Waals surface area contributed by atoms with Crippen molar-refractivity contribution in [3.05, 3.63) is 53.3 Å². The predicted octanol–water partition coefficient (Wildman–Crippen LogP) is 4.20. The summed E-state index contributed by atoms with van der Waals surface area (Å²) in [4.78, 5) is 4.00. The Bertz CT molecular complexity index is 545. The lowest BCUT2D eigenvalue weighted by Crippen LogP contribution is -2.17. The van der Waals surface area contributed by atoms with Crippen LogP contribution in [0.5, 0.6) is 11.5 Å². The highest BCUT2D eigenvalue weighted by molar-refractivity contribution is 6.30. The highest BCUT2D eigenvalue weighted by Gasteiger charge is 2.05. The van der Waals surface area contributed by atoms with Crippen molar-refractivity contribution in [1.29, 1.82) is 0 Å². The average Bonchev–Trinajstić information content (AvgIpc) is 2.39. The fourth-order valence-electron chi connectivity index (χ4n) is 1.86. The molecule has 1 atom stereocenters. The molecule has 4 heteroatoms. The largest absolute Gasteiger partial charge is 0.456 e. The number of hydrogen-bond donors (Lipinski definition) is 1. The number of halogens is 1. The molecule has 1 N–H and O–H groups in total. The number of nitrogens with one attached hydrogen (secondary N) is 1. The van der Waals surface area contributed by atoms with Gasteiger partial charge in [-0.05, 0) is 31.2 Å². The van der Waals surface area contributed by atoms with Crippen LogP contribution in [-0.4, -0.2) is 11.5 Å². The molecule has 0 fully saturated rings. The van der Waals surface area contributed by atoms with Gasteiger partial charge in [-0.2, -0.15) is 0 Å². The van der Waals surface area contributed by atoms with Crippen LogP contribution in [0.3, 0.4) is 0 Å². The van der Waals surface area contributed by atoms with Crippen molar-refractivity contribution in [2.75, 3.05) is 6.54 Å². The van der Waals surface area contributed by atoms with Gasteiger partial charge in [-0.25, -0.2) is 0 Å². The van der Waals surface area contributed by atoms with Crippen LogP contribution in [0.1, 0.15) is 25.5 Å². The maximum Gasteiger partial charge on any atom is 0.147 e. The molecule has 0 saturated carbocycles. The lowest BCUT2D eigenvalue weighted by atomic mass is 10.1. The molecule has 2 aromatic rings. The minimum absolute atomic E-state index is 0.297. The van der Waals surface area contributed by atoms with E-state index >= 15 is 0 Å².